The molecule has 0 radical (unpaired) electrons. The number of nitrogens with one attached hydrogen (secondary N) is 1. The first-order chi connectivity index (χ1) is 8.81. The number of anilines is 1. The van der Waals surface area contributed by atoms with Crippen LogP contribution in [0.25, 0.3) is 0 Å². The van der Waals surface area contributed by atoms with E-state index in [9.17, 15) is 14.0 Å². The van der Waals surface area contributed by atoms with E-state index in [1.807, 2.05) is 0 Å². The first-order valence-corrected chi connectivity index (χ1v) is 6.15. The van der Waals surface area contributed by atoms with Crippen LogP contribution in [0.5, 0.6) is 0 Å². The number of halogens is 2. The van der Waals surface area contributed by atoms with Gasteiger partial charge in [0.1, 0.15) is 5.82 Å². The summed E-state index contributed by atoms with van der Waals surface area (Å²) in [7, 11) is 0. The maximum atomic E-state index is 12.8. The fraction of sp³-hybridized carbons (Fsp3) is 0.385. The van der Waals surface area contributed by atoms with Crippen LogP contribution in [0.3, 0.4) is 0 Å². The summed E-state index contributed by atoms with van der Waals surface area (Å²) in [6.45, 7) is 4.79. The fourth-order valence-electron chi connectivity index (χ4n) is 1.19. The number of hydrogen-bond donors (Lipinski definition) is 1. The van der Waals surface area contributed by atoms with Crippen LogP contribution >= 0.6 is 11.6 Å². The molecule has 19 heavy (non-hydrogen) atoms. The zero-order valence-corrected chi connectivity index (χ0v) is 11.6. The third-order valence-corrected chi connectivity index (χ3v) is 2.64. The number of ether oxygens (including phenoxy) is 1. The number of carbonyl (C=O) groups is 2. The number of amides is 1. The Morgan fingerprint density at radius 1 is 1.32 bits per heavy atom. The molecule has 1 aromatic carbocycles. The van der Waals surface area contributed by atoms with E-state index in [0.29, 0.717) is 0 Å². The Hall–Kier alpha value is -1.62. The second kappa shape index (κ2) is 6.52. The van der Waals surface area contributed by atoms with Crippen LogP contribution in [0.2, 0.25) is 5.02 Å². The Balaban J connectivity index is 2.66. The van der Waals surface area contributed by atoms with Crippen LogP contribution in [-0.2, 0) is 14.3 Å². The minimum atomic E-state index is -0.948. The van der Waals surface area contributed by atoms with Crippen molar-refractivity contribution in [2.75, 3.05) is 5.32 Å². The van der Waals surface area contributed by atoms with Crippen molar-refractivity contribution in [3.63, 3.8) is 0 Å². The summed E-state index contributed by atoms with van der Waals surface area (Å²) in [5, 5.41) is 2.55. The predicted molar refractivity (Wildman–Crippen MR) is 70.4 cm³/mol. The van der Waals surface area contributed by atoms with Crippen LogP contribution < -0.4 is 5.32 Å². The molecule has 4 nitrogen and oxygen atoms in total. The summed E-state index contributed by atoms with van der Waals surface area (Å²) in [5.74, 6) is -1.80. The highest BCUT2D eigenvalue weighted by Gasteiger charge is 2.20. The molecule has 0 unspecified atom stereocenters. The van der Waals surface area contributed by atoms with Crippen LogP contribution in [0.4, 0.5) is 10.1 Å². The largest absolute Gasteiger partial charge is 0.452 e. The van der Waals surface area contributed by atoms with Crippen molar-refractivity contribution in [3.05, 3.63) is 29.0 Å². The van der Waals surface area contributed by atoms with Crippen LogP contribution in [-0.4, -0.2) is 18.0 Å². The minimum Gasteiger partial charge on any atom is -0.452 e. The van der Waals surface area contributed by atoms with Crippen molar-refractivity contribution in [2.45, 2.75) is 26.9 Å². The first-order valence-electron chi connectivity index (χ1n) is 5.77. The maximum Gasteiger partial charge on any atom is 0.309 e. The van der Waals surface area contributed by atoms with Crippen molar-refractivity contribution in [3.8, 4) is 0 Å². The highest BCUT2D eigenvalue weighted by molar-refractivity contribution is 6.33. The Morgan fingerprint density at radius 2 is 1.95 bits per heavy atom. The zero-order valence-electron chi connectivity index (χ0n) is 10.9. The lowest BCUT2D eigenvalue weighted by Crippen LogP contribution is -2.31. The molecule has 0 aliphatic heterocycles. The van der Waals surface area contributed by atoms with Gasteiger partial charge >= 0.3 is 5.97 Å². The van der Waals surface area contributed by atoms with E-state index in [2.05, 4.69) is 5.32 Å². The van der Waals surface area contributed by atoms with Gasteiger partial charge in [-0.05, 0) is 25.1 Å². The summed E-state index contributed by atoms with van der Waals surface area (Å²) in [6, 6.07) is 3.60. The van der Waals surface area contributed by atoms with Crippen LogP contribution in [0, 0.1) is 11.7 Å². The number of benzene rings is 1. The maximum absolute atomic E-state index is 12.8. The quantitative estimate of drug-likeness (QED) is 0.866. The second-order valence-corrected chi connectivity index (χ2v) is 4.75. The van der Waals surface area contributed by atoms with Gasteiger partial charge in [-0.15, -0.1) is 0 Å². The van der Waals surface area contributed by atoms with Crippen LogP contribution in [0.1, 0.15) is 20.8 Å². The summed E-state index contributed by atoms with van der Waals surface area (Å²) in [4.78, 5) is 23.1. The molecule has 0 bridgehead atoms. The standard InChI is InChI=1S/C13H15ClFNO3/c1-7(2)13(18)19-8(3)12(17)16-11-5-4-9(15)6-10(11)14/h4-8H,1-3H3,(H,16,17)/t8-/m1/s1. The van der Waals surface area contributed by atoms with Crippen molar-refractivity contribution < 1.29 is 18.7 Å². The summed E-state index contributed by atoms with van der Waals surface area (Å²) in [6.07, 6.45) is -0.948. The molecule has 1 amide bonds. The molecule has 1 atom stereocenters. The van der Waals surface area contributed by atoms with Gasteiger partial charge < -0.3 is 10.1 Å². The highest BCUT2D eigenvalue weighted by atomic mass is 35.5. The lowest BCUT2D eigenvalue weighted by atomic mass is 10.2. The molecule has 1 N–H and O–H groups in total. The summed E-state index contributed by atoms with van der Waals surface area (Å²) >= 11 is 5.77. The van der Waals surface area contributed by atoms with E-state index >= 15 is 0 Å². The Bertz CT molecular complexity index is 491. The van der Waals surface area contributed by atoms with Crippen molar-refractivity contribution in [1.82, 2.24) is 0 Å². The fourth-order valence-corrected chi connectivity index (χ4v) is 1.40. The lowest BCUT2D eigenvalue weighted by Gasteiger charge is -2.15. The van der Waals surface area contributed by atoms with Gasteiger partial charge in [-0.2, -0.15) is 0 Å². The topological polar surface area (TPSA) is 55.4 Å². The lowest BCUT2D eigenvalue weighted by molar-refractivity contribution is -0.156. The Kier molecular flexibility index (Phi) is 5.30. The molecule has 0 saturated carbocycles. The van der Waals surface area contributed by atoms with E-state index in [4.69, 9.17) is 16.3 Å². The van der Waals surface area contributed by atoms with E-state index in [1.54, 1.807) is 13.8 Å². The molecule has 0 aliphatic rings. The molecular formula is C13H15ClFNO3. The van der Waals surface area contributed by atoms with Gasteiger partial charge in [-0.25, -0.2) is 4.39 Å². The number of hydrogen-bond acceptors (Lipinski definition) is 3. The van der Waals surface area contributed by atoms with Gasteiger partial charge in [0.05, 0.1) is 16.6 Å². The SMILES string of the molecule is CC(C)C(=O)O[C@H](C)C(=O)Nc1ccc(F)cc1Cl. The summed E-state index contributed by atoms with van der Waals surface area (Å²) < 4.78 is 17.8. The molecule has 0 saturated heterocycles. The third kappa shape index (κ3) is 4.52. The Morgan fingerprint density at radius 3 is 2.47 bits per heavy atom. The smallest absolute Gasteiger partial charge is 0.309 e. The molecule has 0 spiro atoms. The normalized spacial score (nSPS) is 12.1. The van der Waals surface area contributed by atoms with E-state index < -0.39 is 23.8 Å². The van der Waals surface area contributed by atoms with Crippen molar-refractivity contribution >= 4 is 29.2 Å². The number of esters is 1. The highest BCUT2D eigenvalue weighted by Crippen LogP contribution is 2.22. The average Bonchev–Trinajstić information content (AvgIpc) is 2.32. The predicted octanol–water partition coefficient (Wildman–Crippen LogP) is 3.01. The van der Waals surface area contributed by atoms with Crippen molar-refractivity contribution in [1.29, 1.82) is 0 Å². The first kappa shape index (κ1) is 15.4. The summed E-state index contributed by atoms with van der Waals surface area (Å²) in [5.41, 5.74) is 0.264. The molecule has 0 aromatic heterocycles. The van der Waals surface area contributed by atoms with Gasteiger partial charge in [0, 0.05) is 0 Å². The van der Waals surface area contributed by atoms with E-state index in [1.165, 1.54) is 19.1 Å². The second-order valence-electron chi connectivity index (χ2n) is 4.35. The minimum absolute atomic E-state index is 0.0794. The average molecular weight is 288 g/mol. The van der Waals surface area contributed by atoms with Gasteiger partial charge in [0.2, 0.25) is 0 Å². The van der Waals surface area contributed by atoms with E-state index in [-0.39, 0.29) is 16.6 Å². The van der Waals surface area contributed by atoms with Crippen LogP contribution in [0.15, 0.2) is 18.2 Å². The molecule has 1 aromatic rings. The molecule has 0 fully saturated rings. The van der Waals surface area contributed by atoms with Gasteiger partial charge in [0.25, 0.3) is 5.91 Å². The van der Waals surface area contributed by atoms with Gasteiger partial charge in [-0.3, -0.25) is 9.59 Å². The molecule has 6 heteroatoms. The molecule has 0 aliphatic carbocycles. The number of carbonyl (C=O) groups excluding carboxylic acids is 2. The third-order valence-electron chi connectivity index (χ3n) is 2.32. The molecule has 104 valence electrons. The monoisotopic (exact) mass is 287 g/mol. The number of rotatable bonds is 4. The van der Waals surface area contributed by atoms with Gasteiger partial charge in [-0.1, -0.05) is 25.4 Å². The molecule has 0 heterocycles. The molecular weight excluding hydrogens is 273 g/mol. The van der Waals surface area contributed by atoms with E-state index in [0.717, 1.165) is 6.07 Å². The zero-order chi connectivity index (χ0) is 14.6. The molecule has 1 rings (SSSR count). The van der Waals surface area contributed by atoms with Crippen molar-refractivity contribution in [2.24, 2.45) is 5.92 Å². The Labute approximate surface area is 115 Å². The van der Waals surface area contributed by atoms with Gasteiger partial charge in [0.15, 0.2) is 6.10 Å².